The molecule has 8 heteroatoms. The minimum atomic E-state index is -0.309. The van der Waals surface area contributed by atoms with Gasteiger partial charge in [-0.05, 0) is 61.0 Å². The Bertz CT molecular complexity index is 1410. The predicted molar refractivity (Wildman–Crippen MR) is 135 cm³/mol. The lowest BCUT2D eigenvalue weighted by Gasteiger charge is -2.08. The van der Waals surface area contributed by atoms with Crippen LogP contribution in [-0.4, -0.2) is 16.3 Å². The number of benzene rings is 3. The molecule has 0 aliphatic carbocycles. The van der Waals surface area contributed by atoms with E-state index in [1.807, 2.05) is 60.8 Å². The molecule has 0 unspecified atom stereocenters. The fourth-order valence-corrected chi connectivity index (χ4v) is 4.43. The van der Waals surface area contributed by atoms with Gasteiger partial charge in [-0.15, -0.1) is 11.3 Å². The van der Waals surface area contributed by atoms with E-state index in [0.717, 1.165) is 27.0 Å². The third kappa shape index (κ3) is 5.71. The molecule has 0 fully saturated rings. The molecule has 4 rings (SSSR count). The lowest BCUT2D eigenvalue weighted by atomic mass is 10.1. The number of nitrogens with zero attached hydrogens (tertiary/aromatic N) is 3. The first-order chi connectivity index (χ1) is 15.9. The molecule has 0 aliphatic rings. The number of carbonyl (C=O) groups is 1. The molecule has 1 aromatic heterocycles. The fourth-order valence-electron chi connectivity index (χ4n) is 3.18. The van der Waals surface area contributed by atoms with Crippen LogP contribution < -0.4 is 10.1 Å². The van der Waals surface area contributed by atoms with E-state index < -0.39 is 0 Å². The summed E-state index contributed by atoms with van der Waals surface area (Å²) in [5.41, 5.74) is 4.80. The maximum absolute atomic E-state index is 13.3. The van der Waals surface area contributed by atoms with Gasteiger partial charge >= 0.3 is 0 Å². The maximum Gasteiger partial charge on any atom is 0.221 e. The van der Waals surface area contributed by atoms with Gasteiger partial charge in [0.05, 0.1) is 17.1 Å². The van der Waals surface area contributed by atoms with Crippen LogP contribution in [0.5, 0.6) is 0 Å². The van der Waals surface area contributed by atoms with Crippen LogP contribution in [0.3, 0.4) is 0 Å². The SMILES string of the molecule is CC(=O)Nc1cccc(/C(C)=N\n2c(-c3cccc(Br)c3)csc2=Nc2ccc(F)cc2)c1. The van der Waals surface area contributed by atoms with Gasteiger partial charge in [0.2, 0.25) is 10.7 Å². The zero-order chi connectivity index (χ0) is 23.4. The Morgan fingerprint density at radius 1 is 1.03 bits per heavy atom. The zero-order valence-electron chi connectivity index (χ0n) is 17.9. The summed E-state index contributed by atoms with van der Waals surface area (Å²) in [5, 5.41) is 9.67. The highest BCUT2D eigenvalue weighted by Gasteiger charge is 2.10. The van der Waals surface area contributed by atoms with E-state index in [4.69, 9.17) is 10.1 Å². The number of amides is 1. The number of aromatic nitrogens is 1. The van der Waals surface area contributed by atoms with Crippen LogP contribution in [0.4, 0.5) is 15.8 Å². The Labute approximate surface area is 203 Å². The van der Waals surface area contributed by atoms with Crippen LogP contribution in [0, 0.1) is 5.82 Å². The summed E-state index contributed by atoms with van der Waals surface area (Å²) >= 11 is 4.98. The van der Waals surface area contributed by atoms with E-state index in [1.165, 1.54) is 30.4 Å². The van der Waals surface area contributed by atoms with Crippen molar-refractivity contribution in [2.75, 3.05) is 5.32 Å². The van der Waals surface area contributed by atoms with Crippen molar-refractivity contribution in [2.45, 2.75) is 13.8 Å². The molecular formula is C25H20BrFN4OS. The van der Waals surface area contributed by atoms with Gasteiger partial charge in [-0.2, -0.15) is 5.10 Å². The molecule has 0 bridgehead atoms. The van der Waals surface area contributed by atoms with Crippen LogP contribution in [0.1, 0.15) is 19.4 Å². The van der Waals surface area contributed by atoms with Crippen molar-refractivity contribution in [1.29, 1.82) is 0 Å². The van der Waals surface area contributed by atoms with Crippen molar-refractivity contribution in [3.63, 3.8) is 0 Å². The molecule has 0 atom stereocenters. The van der Waals surface area contributed by atoms with E-state index in [0.29, 0.717) is 16.2 Å². The van der Waals surface area contributed by atoms with Crippen molar-refractivity contribution in [3.05, 3.63) is 98.8 Å². The highest BCUT2D eigenvalue weighted by atomic mass is 79.9. The minimum Gasteiger partial charge on any atom is -0.326 e. The van der Waals surface area contributed by atoms with Gasteiger partial charge in [0.1, 0.15) is 5.82 Å². The number of halogens is 2. The molecule has 0 saturated heterocycles. The number of rotatable bonds is 5. The molecule has 1 amide bonds. The second-order valence-electron chi connectivity index (χ2n) is 7.26. The number of nitrogens with one attached hydrogen (secondary N) is 1. The van der Waals surface area contributed by atoms with Gasteiger partial charge in [0.15, 0.2) is 0 Å². The van der Waals surface area contributed by atoms with Crippen LogP contribution in [-0.2, 0) is 4.79 Å². The maximum atomic E-state index is 13.3. The Hall–Kier alpha value is -3.36. The summed E-state index contributed by atoms with van der Waals surface area (Å²) in [5.74, 6) is -0.443. The third-order valence-electron chi connectivity index (χ3n) is 4.71. The Morgan fingerprint density at radius 2 is 1.79 bits per heavy atom. The lowest BCUT2D eigenvalue weighted by molar-refractivity contribution is -0.114. The summed E-state index contributed by atoms with van der Waals surface area (Å²) in [6, 6.07) is 21.5. The van der Waals surface area contributed by atoms with E-state index >= 15 is 0 Å². The third-order valence-corrected chi connectivity index (χ3v) is 6.02. The van der Waals surface area contributed by atoms with E-state index in [-0.39, 0.29) is 11.7 Å². The Kier molecular flexibility index (Phi) is 6.96. The molecule has 166 valence electrons. The standard InChI is InChI=1S/C25H20BrFN4OS/c1-16(18-5-4-8-23(14-18)28-17(2)32)30-31-24(19-6-3-7-20(26)13-19)15-33-25(31)29-22-11-9-21(27)10-12-22/h3-15H,1-2H3,(H,28,32)/b29-25?,30-16-. The number of hydrogen-bond donors (Lipinski definition) is 1. The molecule has 1 N–H and O–H groups in total. The first kappa shape index (κ1) is 22.8. The topological polar surface area (TPSA) is 58.8 Å². The number of hydrogen-bond acceptors (Lipinski definition) is 4. The van der Waals surface area contributed by atoms with Gasteiger partial charge in [0, 0.05) is 28.0 Å². The molecule has 0 saturated carbocycles. The summed E-state index contributed by atoms with van der Waals surface area (Å²) < 4.78 is 16.1. The zero-order valence-corrected chi connectivity index (χ0v) is 20.3. The van der Waals surface area contributed by atoms with E-state index in [1.54, 1.807) is 16.8 Å². The van der Waals surface area contributed by atoms with Gasteiger partial charge in [0.25, 0.3) is 0 Å². The lowest BCUT2D eigenvalue weighted by Crippen LogP contribution is -2.14. The Balaban J connectivity index is 1.85. The average molecular weight is 523 g/mol. The van der Waals surface area contributed by atoms with Crippen molar-refractivity contribution < 1.29 is 9.18 Å². The summed E-state index contributed by atoms with van der Waals surface area (Å²) in [6.45, 7) is 3.38. The summed E-state index contributed by atoms with van der Waals surface area (Å²) in [7, 11) is 0. The number of anilines is 1. The van der Waals surface area contributed by atoms with Gasteiger partial charge in [-0.3, -0.25) is 4.79 Å². The van der Waals surface area contributed by atoms with Gasteiger partial charge < -0.3 is 5.32 Å². The number of thiazole rings is 1. The normalized spacial score (nSPS) is 12.1. The molecule has 5 nitrogen and oxygen atoms in total. The van der Waals surface area contributed by atoms with E-state index in [2.05, 4.69) is 21.2 Å². The quantitative estimate of drug-likeness (QED) is 0.295. The summed E-state index contributed by atoms with van der Waals surface area (Å²) in [6.07, 6.45) is 0. The van der Waals surface area contributed by atoms with Crippen LogP contribution in [0.25, 0.3) is 11.3 Å². The van der Waals surface area contributed by atoms with Gasteiger partial charge in [-0.1, -0.05) is 40.2 Å². The predicted octanol–water partition coefficient (Wildman–Crippen LogP) is 6.58. The van der Waals surface area contributed by atoms with Crippen LogP contribution >= 0.6 is 27.3 Å². The molecule has 33 heavy (non-hydrogen) atoms. The first-order valence-corrected chi connectivity index (χ1v) is 11.8. The molecule has 4 aromatic rings. The monoisotopic (exact) mass is 522 g/mol. The molecule has 0 radical (unpaired) electrons. The fraction of sp³-hybridized carbons (Fsp3) is 0.0800. The Morgan fingerprint density at radius 3 is 2.52 bits per heavy atom. The van der Waals surface area contributed by atoms with Crippen molar-refractivity contribution in [2.24, 2.45) is 10.1 Å². The molecule has 1 heterocycles. The average Bonchev–Trinajstić information content (AvgIpc) is 3.17. The first-order valence-electron chi connectivity index (χ1n) is 10.1. The molecule has 3 aromatic carbocycles. The van der Waals surface area contributed by atoms with Crippen LogP contribution in [0.2, 0.25) is 0 Å². The van der Waals surface area contributed by atoms with Crippen LogP contribution in [0.15, 0.2) is 92.7 Å². The van der Waals surface area contributed by atoms with Crippen molar-refractivity contribution >= 4 is 50.3 Å². The smallest absolute Gasteiger partial charge is 0.221 e. The molecule has 0 spiro atoms. The van der Waals surface area contributed by atoms with Crippen molar-refractivity contribution in [3.8, 4) is 11.3 Å². The molecular weight excluding hydrogens is 503 g/mol. The van der Waals surface area contributed by atoms with Gasteiger partial charge in [-0.25, -0.2) is 14.1 Å². The minimum absolute atomic E-state index is 0.133. The second-order valence-corrected chi connectivity index (χ2v) is 9.01. The van der Waals surface area contributed by atoms with E-state index in [9.17, 15) is 9.18 Å². The second kappa shape index (κ2) is 10.1. The summed E-state index contributed by atoms with van der Waals surface area (Å²) in [4.78, 5) is 16.8. The molecule has 0 aliphatic heterocycles. The largest absolute Gasteiger partial charge is 0.326 e. The highest BCUT2D eigenvalue weighted by molar-refractivity contribution is 9.10. The number of carbonyl (C=O) groups excluding carboxylic acids is 1. The highest BCUT2D eigenvalue weighted by Crippen LogP contribution is 2.24. The van der Waals surface area contributed by atoms with Crippen molar-refractivity contribution in [1.82, 2.24) is 4.68 Å².